The van der Waals surface area contributed by atoms with Crippen LogP contribution >= 0.6 is 15.9 Å². The standard InChI is InChI=1S/C13H12BrN3O/c1-8-2-3-11(15)5-12(8)17-13(18)9-4-10(14)7-16-6-9/h2-7H,15H2,1H3,(H,17,18). The number of carbonyl (C=O) groups excluding carboxylic acids is 1. The number of carbonyl (C=O) groups is 1. The highest BCUT2D eigenvalue weighted by molar-refractivity contribution is 9.10. The molecule has 0 atom stereocenters. The number of nitrogens with zero attached hydrogens (tertiary/aromatic N) is 1. The summed E-state index contributed by atoms with van der Waals surface area (Å²) >= 11 is 3.28. The van der Waals surface area contributed by atoms with Crippen LogP contribution in [0, 0.1) is 6.92 Å². The van der Waals surface area contributed by atoms with Gasteiger partial charge >= 0.3 is 0 Å². The molecule has 1 amide bonds. The minimum atomic E-state index is -0.211. The molecule has 0 saturated heterocycles. The fraction of sp³-hybridized carbons (Fsp3) is 0.0769. The predicted octanol–water partition coefficient (Wildman–Crippen LogP) is 2.99. The fourth-order valence-electron chi connectivity index (χ4n) is 1.50. The Kier molecular flexibility index (Phi) is 3.62. The average molecular weight is 306 g/mol. The third kappa shape index (κ3) is 2.87. The van der Waals surface area contributed by atoms with Crippen LogP contribution in [0.15, 0.2) is 41.1 Å². The number of nitrogens with one attached hydrogen (secondary N) is 1. The number of nitrogen functional groups attached to an aromatic ring is 1. The van der Waals surface area contributed by atoms with Crippen molar-refractivity contribution in [2.24, 2.45) is 0 Å². The molecule has 1 heterocycles. The number of amides is 1. The lowest BCUT2D eigenvalue weighted by Crippen LogP contribution is -2.13. The predicted molar refractivity (Wildman–Crippen MR) is 75.5 cm³/mol. The number of rotatable bonds is 2. The quantitative estimate of drug-likeness (QED) is 0.838. The molecule has 0 spiro atoms. The van der Waals surface area contributed by atoms with Crippen molar-refractivity contribution in [1.29, 1.82) is 0 Å². The van der Waals surface area contributed by atoms with Gasteiger partial charge in [0.05, 0.1) is 5.56 Å². The first kappa shape index (κ1) is 12.6. The van der Waals surface area contributed by atoms with Gasteiger partial charge in [0.2, 0.25) is 0 Å². The molecule has 0 fully saturated rings. The van der Waals surface area contributed by atoms with Gasteiger partial charge in [0, 0.05) is 28.2 Å². The van der Waals surface area contributed by atoms with E-state index in [1.165, 1.54) is 6.20 Å². The Morgan fingerprint density at radius 2 is 2.11 bits per heavy atom. The monoisotopic (exact) mass is 305 g/mol. The molecule has 0 bridgehead atoms. The molecule has 92 valence electrons. The van der Waals surface area contributed by atoms with Crippen LogP contribution in [0.25, 0.3) is 0 Å². The maximum atomic E-state index is 12.0. The van der Waals surface area contributed by atoms with Gasteiger partial charge in [-0.3, -0.25) is 9.78 Å². The molecule has 2 aromatic rings. The van der Waals surface area contributed by atoms with E-state index >= 15 is 0 Å². The summed E-state index contributed by atoms with van der Waals surface area (Å²) in [5, 5.41) is 2.81. The Hall–Kier alpha value is -1.88. The lowest BCUT2D eigenvalue weighted by Gasteiger charge is -2.09. The minimum absolute atomic E-state index is 0.211. The first-order valence-corrected chi connectivity index (χ1v) is 6.13. The van der Waals surface area contributed by atoms with Gasteiger partial charge in [-0.25, -0.2) is 0 Å². The summed E-state index contributed by atoms with van der Waals surface area (Å²) in [6, 6.07) is 7.11. The van der Waals surface area contributed by atoms with Crippen LogP contribution in [0.3, 0.4) is 0 Å². The second-order valence-corrected chi connectivity index (χ2v) is 4.84. The first-order chi connectivity index (χ1) is 8.56. The summed E-state index contributed by atoms with van der Waals surface area (Å²) in [6.07, 6.45) is 3.14. The molecule has 0 saturated carbocycles. The summed E-state index contributed by atoms with van der Waals surface area (Å²) in [4.78, 5) is 16.0. The number of hydrogen-bond acceptors (Lipinski definition) is 3. The number of aryl methyl sites for hydroxylation is 1. The molecular weight excluding hydrogens is 294 g/mol. The van der Waals surface area contributed by atoms with Crippen molar-refractivity contribution < 1.29 is 4.79 Å². The molecule has 0 aliphatic rings. The molecule has 2 rings (SSSR count). The van der Waals surface area contributed by atoms with Crippen LogP contribution < -0.4 is 11.1 Å². The van der Waals surface area contributed by atoms with Crippen molar-refractivity contribution in [3.63, 3.8) is 0 Å². The van der Waals surface area contributed by atoms with Gasteiger partial charge < -0.3 is 11.1 Å². The number of pyridine rings is 1. The zero-order valence-electron chi connectivity index (χ0n) is 9.77. The topological polar surface area (TPSA) is 68.0 Å². The Morgan fingerprint density at radius 3 is 2.83 bits per heavy atom. The van der Waals surface area contributed by atoms with Gasteiger partial charge in [0.25, 0.3) is 5.91 Å². The minimum Gasteiger partial charge on any atom is -0.399 e. The highest BCUT2D eigenvalue weighted by Gasteiger charge is 2.08. The molecule has 0 aliphatic carbocycles. The highest BCUT2D eigenvalue weighted by atomic mass is 79.9. The van der Waals surface area contributed by atoms with Gasteiger partial charge in [-0.05, 0) is 46.6 Å². The van der Waals surface area contributed by atoms with E-state index in [0.717, 1.165) is 10.0 Å². The largest absolute Gasteiger partial charge is 0.399 e. The molecule has 0 unspecified atom stereocenters. The second kappa shape index (κ2) is 5.18. The normalized spacial score (nSPS) is 10.1. The van der Waals surface area contributed by atoms with Crippen molar-refractivity contribution in [2.75, 3.05) is 11.1 Å². The Bertz CT molecular complexity index is 599. The third-order valence-electron chi connectivity index (χ3n) is 2.48. The summed E-state index contributed by atoms with van der Waals surface area (Å²) in [6.45, 7) is 1.91. The number of benzene rings is 1. The maximum absolute atomic E-state index is 12.0. The van der Waals surface area contributed by atoms with E-state index in [9.17, 15) is 4.79 Å². The Balaban J connectivity index is 2.24. The van der Waals surface area contributed by atoms with E-state index < -0.39 is 0 Å². The average Bonchev–Trinajstić information content (AvgIpc) is 2.34. The molecule has 1 aromatic heterocycles. The summed E-state index contributed by atoms with van der Waals surface area (Å²) in [5.74, 6) is -0.211. The Morgan fingerprint density at radius 1 is 1.33 bits per heavy atom. The van der Waals surface area contributed by atoms with E-state index in [0.29, 0.717) is 16.9 Å². The number of aromatic nitrogens is 1. The molecule has 4 nitrogen and oxygen atoms in total. The van der Waals surface area contributed by atoms with Gasteiger partial charge in [-0.1, -0.05) is 6.07 Å². The molecule has 3 N–H and O–H groups in total. The molecule has 5 heteroatoms. The number of nitrogens with two attached hydrogens (primary N) is 1. The molecular formula is C13H12BrN3O. The van der Waals surface area contributed by atoms with Gasteiger partial charge in [-0.15, -0.1) is 0 Å². The van der Waals surface area contributed by atoms with Crippen molar-refractivity contribution >= 4 is 33.2 Å². The first-order valence-electron chi connectivity index (χ1n) is 5.34. The van der Waals surface area contributed by atoms with Crippen LogP contribution in [-0.2, 0) is 0 Å². The number of hydrogen-bond donors (Lipinski definition) is 2. The SMILES string of the molecule is Cc1ccc(N)cc1NC(=O)c1cncc(Br)c1. The van der Waals surface area contributed by atoms with Gasteiger partial charge in [-0.2, -0.15) is 0 Å². The van der Waals surface area contributed by atoms with E-state index in [4.69, 9.17) is 5.73 Å². The van der Waals surface area contributed by atoms with Crippen molar-refractivity contribution in [3.05, 3.63) is 52.3 Å². The maximum Gasteiger partial charge on any atom is 0.257 e. The van der Waals surface area contributed by atoms with Crippen LogP contribution in [0.2, 0.25) is 0 Å². The fourth-order valence-corrected chi connectivity index (χ4v) is 1.87. The number of anilines is 2. The highest BCUT2D eigenvalue weighted by Crippen LogP contribution is 2.19. The van der Waals surface area contributed by atoms with Gasteiger partial charge in [0.1, 0.15) is 0 Å². The van der Waals surface area contributed by atoms with E-state index in [-0.39, 0.29) is 5.91 Å². The van der Waals surface area contributed by atoms with Crippen LogP contribution in [0.4, 0.5) is 11.4 Å². The van der Waals surface area contributed by atoms with Crippen molar-refractivity contribution in [3.8, 4) is 0 Å². The summed E-state index contributed by atoms with van der Waals surface area (Å²) in [7, 11) is 0. The third-order valence-corrected chi connectivity index (χ3v) is 2.91. The smallest absolute Gasteiger partial charge is 0.257 e. The van der Waals surface area contributed by atoms with Crippen LogP contribution in [0.1, 0.15) is 15.9 Å². The van der Waals surface area contributed by atoms with Crippen LogP contribution in [-0.4, -0.2) is 10.9 Å². The van der Waals surface area contributed by atoms with E-state index in [2.05, 4.69) is 26.2 Å². The Labute approximate surface area is 113 Å². The molecule has 0 aliphatic heterocycles. The lowest BCUT2D eigenvalue weighted by molar-refractivity contribution is 0.102. The second-order valence-electron chi connectivity index (χ2n) is 3.92. The summed E-state index contributed by atoms with van der Waals surface area (Å²) in [5.41, 5.74) is 8.47. The van der Waals surface area contributed by atoms with E-state index in [1.807, 2.05) is 13.0 Å². The molecule has 1 aromatic carbocycles. The van der Waals surface area contributed by atoms with Gasteiger partial charge in [0.15, 0.2) is 0 Å². The summed E-state index contributed by atoms with van der Waals surface area (Å²) < 4.78 is 0.763. The lowest BCUT2D eigenvalue weighted by atomic mass is 10.1. The van der Waals surface area contributed by atoms with Crippen molar-refractivity contribution in [1.82, 2.24) is 4.98 Å². The van der Waals surface area contributed by atoms with E-state index in [1.54, 1.807) is 24.4 Å². The van der Waals surface area contributed by atoms with Crippen LogP contribution in [0.5, 0.6) is 0 Å². The van der Waals surface area contributed by atoms with Crippen molar-refractivity contribution in [2.45, 2.75) is 6.92 Å². The molecule has 0 radical (unpaired) electrons. The zero-order valence-corrected chi connectivity index (χ0v) is 11.4. The number of halogens is 1. The molecule has 18 heavy (non-hydrogen) atoms. The zero-order chi connectivity index (χ0) is 13.1.